The van der Waals surface area contributed by atoms with Gasteiger partial charge < -0.3 is 10.6 Å². The molecule has 1 saturated heterocycles. The predicted molar refractivity (Wildman–Crippen MR) is 129 cm³/mol. The summed E-state index contributed by atoms with van der Waals surface area (Å²) in [6.45, 7) is 5.04. The van der Waals surface area contributed by atoms with E-state index in [1.165, 1.54) is 17.3 Å². The number of carbonyl (C=O) groups excluding carboxylic acids is 1. The van der Waals surface area contributed by atoms with Gasteiger partial charge in [-0.25, -0.2) is 9.98 Å². The molecule has 0 unspecified atom stereocenters. The monoisotopic (exact) mass is 458 g/mol. The molecule has 2 aromatic carbocycles. The van der Waals surface area contributed by atoms with Gasteiger partial charge >= 0.3 is 0 Å². The van der Waals surface area contributed by atoms with Crippen LogP contribution in [0.25, 0.3) is 10.2 Å². The third-order valence-electron chi connectivity index (χ3n) is 4.69. The Morgan fingerprint density at radius 3 is 2.80 bits per heavy atom. The van der Waals surface area contributed by atoms with Gasteiger partial charge in [-0.1, -0.05) is 48.9 Å². The van der Waals surface area contributed by atoms with Crippen LogP contribution in [0.5, 0.6) is 0 Å². The summed E-state index contributed by atoms with van der Waals surface area (Å²) in [6, 6.07) is 13.7. The van der Waals surface area contributed by atoms with Crippen molar-refractivity contribution in [1.82, 2.24) is 10.3 Å². The van der Waals surface area contributed by atoms with E-state index in [0.717, 1.165) is 45.4 Å². The molecular weight excluding hydrogens is 436 g/mol. The fourth-order valence-corrected chi connectivity index (χ4v) is 5.24. The molecule has 4 rings (SSSR count). The highest BCUT2D eigenvalue weighted by Crippen LogP contribution is 2.28. The number of aliphatic imine (C=N–C) groups is 1. The van der Waals surface area contributed by atoms with Crippen molar-refractivity contribution in [2.45, 2.75) is 32.7 Å². The first-order valence-electron chi connectivity index (χ1n) is 9.92. The molecule has 0 spiro atoms. The molecule has 1 atom stereocenters. The number of rotatable bonds is 7. The highest BCUT2D eigenvalue weighted by Gasteiger charge is 2.30. The normalized spacial score (nSPS) is 17.8. The molecule has 30 heavy (non-hydrogen) atoms. The second-order valence-electron chi connectivity index (χ2n) is 7.64. The first-order chi connectivity index (χ1) is 14.5. The molecule has 2 N–H and O–H groups in total. The number of carbonyl (C=O) groups is 1. The molecule has 0 saturated carbocycles. The van der Waals surface area contributed by atoms with E-state index in [1.54, 1.807) is 11.3 Å². The van der Waals surface area contributed by atoms with E-state index in [-0.39, 0.29) is 11.2 Å². The summed E-state index contributed by atoms with van der Waals surface area (Å²) in [7, 11) is 0. The van der Waals surface area contributed by atoms with Crippen LogP contribution in [0.2, 0.25) is 5.02 Å². The molecule has 2 heterocycles. The van der Waals surface area contributed by atoms with Crippen molar-refractivity contribution in [3.05, 3.63) is 53.1 Å². The number of anilines is 1. The summed E-state index contributed by atoms with van der Waals surface area (Å²) in [4.78, 5) is 21.2. The fraction of sp³-hybridized carbons (Fsp3) is 0.318. The molecule has 1 aliphatic heterocycles. The summed E-state index contributed by atoms with van der Waals surface area (Å²) in [5.41, 5.74) is 3.03. The quantitative estimate of drug-likeness (QED) is 0.463. The summed E-state index contributed by atoms with van der Waals surface area (Å²) in [5, 5.41) is 9.11. The van der Waals surface area contributed by atoms with Crippen LogP contribution in [0.15, 0.2) is 47.5 Å². The first-order valence-corrected chi connectivity index (χ1v) is 11.9. The Hall–Kier alpha value is -2.09. The number of benzene rings is 2. The second-order valence-corrected chi connectivity index (χ2v) is 10.1. The molecule has 1 fully saturated rings. The molecule has 0 bridgehead atoms. The van der Waals surface area contributed by atoms with Gasteiger partial charge in [-0.05, 0) is 66.4 Å². The maximum Gasteiger partial charge on any atom is 0.218 e. The largest absolute Gasteiger partial charge is 0.361 e. The molecule has 156 valence electrons. The Labute approximate surface area is 189 Å². The van der Waals surface area contributed by atoms with Crippen LogP contribution in [0, 0.1) is 5.92 Å². The van der Waals surface area contributed by atoms with Crippen LogP contribution in [0.4, 0.5) is 10.8 Å². The molecule has 0 aliphatic carbocycles. The Bertz CT molecular complexity index is 1080. The van der Waals surface area contributed by atoms with E-state index in [0.29, 0.717) is 11.1 Å². The maximum atomic E-state index is 12.1. The van der Waals surface area contributed by atoms with Crippen LogP contribution in [-0.4, -0.2) is 27.9 Å². The zero-order valence-electron chi connectivity index (χ0n) is 16.8. The number of nitrogens with one attached hydrogen (secondary N) is 2. The first kappa shape index (κ1) is 21.2. The Kier molecular flexibility index (Phi) is 6.61. The predicted octanol–water partition coefficient (Wildman–Crippen LogP) is 5.87. The zero-order chi connectivity index (χ0) is 21.1. The Morgan fingerprint density at radius 1 is 1.23 bits per heavy atom. The van der Waals surface area contributed by atoms with Crippen LogP contribution >= 0.6 is 34.7 Å². The Balaban J connectivity index is 1.31. The highest BCUT2D eigenvalue weighted by molar-refractivity contribution is 8.27. The van der Waals surface area contributed by atoms with Crippen molar-refractivity contribution in [2.75, 3.05) is 11.9 Å². The average Bonchev–Trinajstić information content (AvgIpc) is 3.25. The van der Waals surface area contributed by atoms with E-state index in [4.69, 9.17) is 11.6 Å². The number of aromatic nitrogens is 1. The van der Waals surface area contributed by atoms with Gasteiger partial charge in [0.05, 0.1) is 21.9 Å². The third kappa shape index (κ3) is 5.33. The van der Waals surface area contributed by atoms with Crippen molar-refractivity contribution in [3.63, 3.8) is 0 Å². The van der Waals surface area contributed by atoms with Crippen LogP contribution in [0.1, 0.15) is 25.8 Å². The lowest BCUT2D eigenvalue weighted by atomic mass is 10.1. The van der Waals surface area contributed by atoms with Crippen molar-refractivity contribution >= 4 is 66.0 Å². The van der Waals surface area contributed by atoms with E-state index >= 15 is 0 Å². The molecule has 3 aromatic rings. The number of hydrogen-bond donors (Lipinski definition) is 2. The summed E-state index contributed by atoms with van der Waals surface area (Å²) < 4.78 is 1.08. The number of thioether (sulfide) groups is 1. The summed E-state index contributed by atoms with van der Waals surface area (Å²) in [5.74, 6) is 0.472. The molecule has 5 nitrogen and oxygen atoms in total. The van der Waals surface area contributed by atoms with Gasteiger partial charge in [-0.2, -0.15) is 0 Å². The molecule has 0 amide bonds. The van der Waals surface area contributed by atoms with Gasteiger partial charge in [-0.3, -0.25) is 4.79 Å². The van der Waals surface area contributed by atoms with E-state index < -0.39 is 0 Å². The van der Waals surface area contributed by atoms with Crippen molar-refractivity contribution in [3.8, 4) is 0 Å². The standard InChI is InChI=1S/C22H23ClN4OS2/c1-13(2)11-18-20(28)30-22(27-18)25-16-6-3-14(4-7-16)9-10-24-21-26-17-8-5-15(23)12-19(17)29-21/h3-8,12-13,18H,9-11H2,1-2H3,(H,24,26)(H,25,27)/t18-/m0/s1. The van der Waals surface area contributed by atoms with Gasteiger partial charge in [0.2, 0.25) is 5.12 Å². The number of halogens is 1. The number of hydrogen-bond acceptors (Lipinski definition) is 6. The number of amidine groups is 1. The van der Waals surface area contributed by atoms with Crippen molar-refractivity contribution in [2.24, 2.45) is 10.9 Å². The van der Waals surface area contributed by atoms with Crippen LogP contribution in [0.3, 0.4) is 0 Å². The molecular formula is C22H23ClN4OS2. The van der Waals surface area contributed by atoms with E-state index in [9.17, 15) is 4.79 Å². The lowest BCUT2D eigenvalue weighted by Crippen LogP contribution is -2.30. The molecule has 8 heteroatoms. The van der Waals surface area contributed by atoms with E-state index in [1.807, 2.05) is 30.3 Å². The number of fused-ring (bicyclic) bond motifs is 1. The summed E-state index contributed by atoms with van der Waals surface area (Å²) >= 11 is 8.85. The minimum atomic E-state index is -0.127. The third-order valence-corrected chi connectivity index (χ3v) is 6.79. The zero-order valence-corrected chi connectivity index (χ0v) is 19.2. The second kappa shape index (κ2) is 9.37. The lowest BCUT2D eigenvalue weighted by Gasteiger charge is -2.10. The van der Waals surface area contributed by atoms with Gasteiger partial charge in [0.15, 0.2) is 10.3 Å². The molecule has 0 radical (unpaired) electrons. The van der Waals surface area contributed by atoms with Crippen LogP contribution in [-0.2, 0) is 11.2 Å². The number of thiazole rings is 1. The fourth-order valence-electron chi connectivity index (χ4n) is 3.23. The van der Waals surface area contributed by atoms with Gasteiger partial charge in [0.25, 0.3) is 0 Å². The maximum absolute atomic E-state index is 12.1. The SMILES string of the molecule is CC(C)C[C@@H]1N/C(=N/c2ccc(CCNc3nc4ccc(Cl)cc4s3)cc2)SC1=O. The lowest BCUT2D eigenvalue weighted by molar-refractivity contribution is -0.112. The van der Waals surface area contributed by atoms with Gasteiger partial charge in [-0.15, -0.1) is 0 Å². The number of nitrogens with zero attached hydrogens (tertiary/aromatic N) is 2. The topological polar surface area (TPSA) is 66.4 Å². The average molecular weight is 459 g/mol. The minimum Gasteiger partial charge on any atom is -0.361 e. The highest BCUT2D eigenvalue weighted by atomic mass is 35.5. The van der Waals surface area contributed by atoms with E-state index in [2.05, 4.69) is 46.6 Å². The van der Waals surface area contributed by atoms with Crippen LogP contribution < -0.4 is 10.6 Å². The summed E-state index contributed by atoms with van der Waals surface area (Å²) in [6.07, 6.45) is 1.72. The van der Waals surface area contributed by atoms with Gasteiger partial charge in [0.1, 0.15) is 0 Å². The Morgan fingerprint density at radius 2 is 2.03 bits per heavy atom. The smallest absolute Gasteiger partial charge is 0.218 e. The minimum absolute atomic E-state index is 0.127. The van der Waals surface area contributed by atoms with Crippen molar-refractivity contribution in [1.29, 1.82) is 0 Å². The van der Waals surface area contributed by atoms with Gasteiger partial charge in [0, 0.05) is 11.6 Å². The molecule has 1 aliphatic rings. The molecule has 1 aromatic heterocycles. The van der Waals surface area contributed by atoms with Crippen molar-refractivity contribution < 1.29 is 4.79 Å².